The lowest BCUT2D eigenvalue weighted by Crippen LogP contribution is -2.50. The maximum atomic E-state index is 13.3. The van der Waals surface area contributed by atoms with E-state index in [1.807, 2.05) is 55.5 Å². The molecular weight excluding hydrogens is 645 g/mol. The highest BCUT2D eigenvalue weighted by Crippen LogP contribution is 2.34. The highest BCUT2D eigenvalue weighted by molar-refractivity contribution is 6.35. The van der Waals surface area contributed by atoms with Gasteiger partial charge >= 0.3 is 0 Å². The van der Waals surface area contributed by atoms with Crippen LogP contribution in [0.15, 0.2) is 90.0 Å². The zero-order valence-electron chi connectivity index (χ0n) is 25.7. The lowest BCUT2D eigenvalue weighted by molar-refractivity contribution is -0.132. The van der Waals surface area contributed by atoms with Crippen LogP contribution in [0.25, 0.3) is 0 Å². The standard InChI is InChI=1S/C35H33Cl2N3O7/c1-3-43-32-16-24(9-12-30(32)44-20-25-10-13-31-33(17-25)46-21-45-31)19-38-40-35(42)28(15-23-7-5-4-6-8-23)39-34(41)22(2)47-29-14-11-26(36)18-27(29)37/h4-14,16-19,22,28H,3,15,20-21H2,1-2H3,(H,39,41)(H,40,42)/b38-19-/t22-,28-/m1/s1. The van der Waals surface area contributed by atoms with Gasteiger partial charge in [0.2, 0.25) is 6.79 Å². The molecule has 0 radical (unpaired) electrons. The molecule has 5 rings (SSSR count). The third-order valence-corrected chi connectivity index (χ3v) is 7.50. The third-order valence-electron chi connectivity index (χ3n) is 6.97. The first-order valence-electron chi connectivity index (χ1n) is 14.9. The van der Waals surface area contributed by atoms with Crippen molar-refractivity contribution in [2.24, 2.45) is 5.10 Å². The predicted octanol–water partition coefficient (Wildman–Crippen LogP) is 6.34. The molecule has 4 aromatic carbocycles. The summed E-state index contributed by atoms with van der Waals surface area (Å²) in [5.74, 6) is 1.73. The number of halogens is 2. The summed E-state index contributed by atoms with van der Waals surface area (Å²) in [5.41, 5.74) is 4.97. The van der Waals surface area contributed by atoms with Crippen LogP contribution in [0, 0.1) is 0 Å². The van der Waals surface area contributed by atoms with Crippen LogP contribution in [0.1, 0.15) is 30.5 Å². The number of hydrogen-bond acceptors (Lipinski definition) is 8. The van der Waals surface area contributed by atoms with Gasteiger partial charge in [-0.3, -0.25) is 9.59 Å². The summed E-state index contributed by atoms with van der Waals surface area (Å²) < 4.78 is 28.4. The second-order valence-corrected chi connectivity index (χ2v) is 11.3. The minimum Gasteiger partial charge on any atom is -0.490 e. The summed E-state index contributed by atoms with van der Waals surface area (Å²) in [4.78, 5) is 26.4. The van der Waals surface area contributed by atoms with Crippen molar-refractivity contribution in [2.75, 3.05) is 13.4 Å². The molecule has 1 heterocycles. The van der Waals surface area contributed by atoms with Gasteiger partial charge in [0.25, 0.3) is 11.8 Å². The van der Waals surface area contributed by atoms with E-state index in [4.69, 9.17) is 46.9 Å². The Hall–Kier alpha value is -4.93. The minimum atomic E-state index is -0.953. The average Bonchev–Trinajstić information content (AvgIpc) is 3.54. The number of benzene rings is 4. The normalized spacial score (nSPS) is 13.1. The van der Waals surface area contributed by atoms with Gasteiger partial charge < -0.3 is 29.0 Å². The van der Waals surface area contributed by atoms with Crippen LogP contribution in [-0.4, -0.2) is 43.6 Å². The van der Waals surface area contributed by atoms with Crippen LogP contribution >= 0.6 is 23.2 Å². The molecule has 1 aliphatic rings. The van der Waals surface area contributed by atoms with E-state index in [2.05, 4.69) is 15.8 Å². The molecule has 4 aromatic rings. The summed E-state index contributed by atoms with van der Waals surface area (Å²) in [6.45, 7) is 4.36. The number of nitrogens with one attached hydrogen (secondary N) is 2. The molecule has 0 saturated carbocycles. The van der Waals surface area contributed by atoms with Gasteiger partial charge in [-0.2, -0.15) is 5.10 Å². The first-order chi connectivity index (χ1) is 22.8. The second-order valence-electron chi connectivity index (χ2n) is 10.4. The van der Waals surface area contributed by atoms with Crippen molar-refractivity contribution in [3.8, 4) is 28.7 Å². The second kappa shape index (κ2) is 16.1. The smallest absolute Gasteiger partial charge is 0.262 e. The number of hydrazone groups is 1. The number of carbonyl (C=O) groups excluding carboxylic acids is 2. The predicted molar refractivity (Wildman–Crippen MR) is 179 cm³/mol. The topological polar surface area (TPSA) is 117 Å². The summed E-state index contributed by atoms with van der Waals surface area (Å²) in [7, 11) is 0. The lowest BCUT2D eigenvalue weighted by Gasteiger charge is -2.21. The average molecular weight is 679 g/mol. The number of hydrogen-bond donors (Lipinski definition) is 2. The first-order valence-corrected chi connectivity index (χ1v) is 15.6. The van der Waals surface area contributed by atoms with E-state index in [9.17, 15) is 9.59 Å². The highest BCUT2D eigenvalue weighted by atomic mass is 35.5. The molecule has 0 unspecified atom stereocenters. The van der Waals surface area contributed by atoms with Crippen molar-refractivity contribution in [2.45, 2.75) is 39.0 Å². The van der Waals surface area contributed by atoms with E-state index >= 15 is 0 Å². The highest BCUT2D eigenvalue weighted by Gasteiger charge is 2.25. The Morgan fingerprint density at radius 2 is 1.66 bits per heavy atom. The van der Waals surface area contributed by atoms with Gasteiger partial charge in [-0.25, -0.2) is 5.43 Å². The maximum absolute atomic E-state index is 13.3. The molecule has 12 heteroatoms. The zero-order chi connectivity index (χ0) is 33.2. The van der Waals surface area contributed by atoms with E-state index in [-0.39, 0.29) is 18.2 Å². The van der Waals surface area contributed by atoms with Crippen LogP contribution in [0.4, 0.5) is 0 Å². The van der Waals surface area contributed by atoms with Crippen molar-refractivity contribution in [3.05, 3.63) is 112 Å². The number of amides is 2. The third kappa shape index (κ3) is 9.31. The van der Waals surface area contributed by atoms with Crippen LogP contribution in [0.2, 0.25) is 10.0 Å². The maximum Gasteiger partial charge on any atom is 0.262 e. The van der Waals surface area contributed by atoms with Gasteiger partial charge in [-0.15, -0.1) is 0 Å². The van der Waals surface area contributed by atoms with Gasteiger partial charge in [0, 0.05) is 11.4 Å². The zero-order valence-corrected chi connectivity index (χ0v) is 27.2. The summed E-state index contributed by atoms with van der Waals surface area (Å²) >= 11 is 12.2. The van der Waals surface area contributed by atoms with E-state index < -0.39 is 24.0 Å². The summed E-state index contributed by atoms with van der Waals surface area (Å²) in [6.07, 6.45) is 0.759. The largest absolute Gasteiger partial charge is 0.490 e. The SMILES string of the molecule is CCOc1cc(/C=N\NC(=O)[C@@H](Cc2ccccc2)NC(=O)[C@@H](C)Oc2ccc(Cl)cc2Cl)ccc1OCc1ccc2c(c1)OCO2. The molecule has 0 aromatic heterocycles. The fourth-order valence-corrected chi connectivity index (χ4v) is 5.05. The monoisotopic (exact) mass is 677 g/mol. The Labute approximate surface area is 282 Å². The number of carbonyl (C=O) groups is 2. The minimum absolute atomic E-state index is 0.203. The van der Waals surface area contributed by atoms with Crippen LogP contribution in [-0.2, 0) is 22.6 Å². The van der Waals surface area contributed by atoms with Crippen molar-refractivity contribution in [1.29, 1.82) is 0 Å². The van der Waals surface area contributed by atoms with Gasteiger partial charge in [0.05, 0.1) is 17.8 Å². The Kier molecular flexibility index (Phi) is 11.4. The molecule has 0 saturated heterocycles. The van der Waals surface area contributed by atoms with E-state index in [0.29, 0.717) is 52.5 Å². The van der Waals surface area contributed by atoms with Gasteiger partial charge in [0.15, 0.2) is 29.1 Å². The fourth-order valence-electron chi connectivity index (χ4n) is 4.60. The van der Waals surface area contributed by atoms with Crippen LogP contribution < -0.4 is 34.4 Å². The van der Waals surface area contributed by atoms with E-state index in [1.165, 1.54) is 12.3 Å². The molecule has 0 fully saturated rings. The molecular formula is C35H33Cl2N3O7. The molecule has 47 heavy (non-hydrogen) atoms. The molecule has 1 aliphatic heterocycles. The number of fused-ring (bicyclic) bond motifs is 1. The first kappa shape index (κ1) is 33.4. The fraction of sp³-hybridized carbons (Fsp3) is 0.229. The molecule has 0 spiro atoms. The summed E-state index contributed by atoms with van der Waals surface area (Å²) in [5, 5.41) is 7.62. The molecule has 2 amide bonds. The van der Waals surface area contributed by atoms with Gasteiger partial charge in [0.1, 0.15) is 18.4 Å². The number of rotatable bonds is 14. The van der Waals surface area contributed by atoms with E-state index in [1.54, 1.807) is 37.3 Å². The Bertz CT molecular complexity index is 1740. The molecule has 2 atom stereocenters. The Morgan fingerprint density at radius 1 is 0.872 bits per heavy atom. The van der Waals surface area contributed by atoms with E-state index in [0.717, 1.165) is 11.1 Å². The van der Waals surface area contributed by atoms with Crippen LogP contribution in [0.3, 0.4) is 0 Å². The van der Waals surface area contributed by atoms with Crippen molar-refractivity contribution in [3.63, 3.8) is 0 Å². The number of nitrogens with zero attached hydrogens (tertiary/aromatic N) is 1. The molecule has 2 N–H and O–H groups in total. The van der Waals surface area contributed by atoms with Crippen LogP contribution in [0.5, 0.6) is 28.7 Å². The van der Waals surface area contributed by atoms with Crippen molar-refractivity contribution < 1.29 is 33.3 Å². The van der Waals surface area contributed by atoms with Crippen molar-refractivity contribution in [1.82, 2.24) is 10.7 Å². The van der Waals surface area contributed by atoms with Gasteiger partial charge in [-0.1, -0.05) is 59.6 Å². The Balaban J connectivity index is 1.22. The molecule has 244 valence electrons. The Morgan fingerprint density at radius 3 is 2.45 bits per heavy atom. The quantitative estimate of drug-likeness (QED) is 0.118. The molecule has 0 bridgehead atoms. The number of ether oxygens (including phenoxy) is 5. The molecule has 0 aliphatic carbocycles. The van der Waals surface area contributed by atoms with Crippen molar-refractivity contribution >= 4 is 41.2 Å². The summed E-state index contributed by atoms with van der Waals surface area (Å²) in [6, 6.07) is 24.0. The molecule has 10 nitrogen and oxygen atoms in total. The lowest BCUT2D eigenvalue weighted by atomic mass is 10.1. The van der Waals surface area contributed by atoms with Gasteiger partial charge in [-0.05, 0) is 79.1 Å².